The van der Waals surface area contributed by atoms with E-state index in [2.05, 4.69) is 30.3 Å². The quantitative estimate of drug-likeness (QED) is 0.568. The number of rotatable bonds is 6. The first-order valence-corrected chi connectivity index (χ1v) is 9.85. The van der Waals surface area contributed by atoms with E-state index >= 15 is 0 Å². The third kappa shape index (κ3) is 5.47. The average Bonchev–Trinajstić information content (AvgIpc) is 2.73. The van der Waals surface area contributed by atoms with Gasteiger partial charge in [0.2, 0.25) is 0 Å². The first-order chi connectivity index (χ1) is 13.7. The predicted octanol–water partition coefficient (Wildman–Crippen LogP) is 4.01. The lowest BCUT2D eigenvalue weighted by atomic mass is 9.90. The number of nitrogens with zero attached hydrogens (tertiary/aromatic N) is 3. The van der Waals surface area contributed by atoms with Crippen LogP contribution in [0.1, 0.15) is 24.0 Å². The van der Waals surface area contributed by atoms with Crippen molar-refractivity contribution >= 4 is 5.91 Å². The Morgan fingerprint density at radius 3 is 2.21 bits per heavy atom. The molecule has 1 amide bonds. The van der Waals surface area contributed by atoms with Crippen molar-refractivity contribution in [2.75, 3.05) is 20.1 Å². The fourth-order valence-corrected chi connectivity index (χ4v) is 3.73. The molecule has 0 unspecified atom stereocenters. The summed E-state index contributed by atoms with van der Waals surface area (Å²) in [5, 5.41) is 9.50. The number of hydrogen-bond acceptors (Lipinski definition) is 3. The van der Waals surface area contributed by atoms with Crippen molar-refractivity contribution in [1.29, 1.82) is 5.26 Å². The summed E-state index contributed by atoms with van der Waals surface area (Å²) in [7, 11) is 1.89. The van der Waals surface area contributed by atoms with Gasteiger partial charge in [-0.25, -0.2) is 0 Å². The summed E-state index contributed by atoms with van der Waals surface area (Å²) < 4.78 is 0. The third-order valence-corrected chi connectivity index (χ3v) is 5.24. The molecule has 1 fully saturated rings. The van der Waals surface area contributed by atoms with Crippen molar-refractivity contribution in [3.8, 4) is 6.07 Å². The maximum absolute atomic E-state index is 12.8. The van der Waals surface area contributed by atoms with Gasteiger partial charge in [-0.1, -0.05) is 60.7 Å². The van der Waals surface area contributed by atoms with Crippen LogP contribution in [0.15, 0.2) is 72.4 Å². The first kappa shape index (κ1) is 19.7. The van der Waals surface area contributed by atoms with Gasteiger partial charge in [-0.05, 0) is 36.3 Å². The molecule has 1 heterocycles. The van der Waals surface area contributed by atoms with E-state index in [9.17, 15) is 10.1 Å². The number of nitriles is 1. The van der Waals surface area contributed by atoms with Crippen LogP contribution in [0.2, 0.25) is 0 Å². The second kappa shape index (κ2) is 9.75. The smallest absolute Gasteiger partial charge is 0.266 e. The van der Waals surface area contributed by atoms with Gasteiger partial charge < -0.3 is 9.80 Å². The molecule has 2 aromatic rings. The van der Waals surface area contributed by atoms with Crippen LogP contribution in [0.4, 0.5) is 0 Å². The van der Waals surface area contributed by atoms with Crippen molar-refractivity contribution in [3.05, 3.63) is 83.6 Å². The number of likely N-dealkylation sites (tertiary alicyclic amines) is 1. The Bertz CT molecular complexity index is 831. The second-order valence-electron chi connectivity index (χ2n) is 7.48. The zero-order valence-corrected chi connectivity index (χ0v) is 16.4. The van der Waals surface area contributed by atoms with Crippen LogP contribution in [0, 0.1) is 17.2 Å². The Kier molecular flexibility index (Phi) is 6.86. The molecule has 28 heavy (non-hydrogen) atoms. The molecular weight excluding hydrogens is 346 g/mol. The number of carbonyl (C=O) groups is 1. The summed E-state index contributed by atoms with van der Waals surface area (Å²) in [5.41, 5.74) is 2.71. The van der Waals surface area contributed by atoms with Gasteiger partial charge >= 0.3 is 0 Å². The van der Waals surface area contributed by atoms with Gasteiger partial charge in [0.15, 0.2) is 0 Å². The van der Waals surface area contributed by atoms with Crippen LogP contribution in [0.25, 0.3) is 0 Å². The Labute approximate surface area is 167 Å². The zero-order valence-electron chi connectivity index (χ0n) is 16.4. The van der Waals surface area contributed by atoms with Crippen molar-refractivity contribution in [1.82, 2.24) is 9.80 Å². The molecule has 1 aliphatic rings. The summed E-state index contributed by atoms with van der Waals surface area (Å²) >= 11 is 0. The van der Waals surface area contributed by atoms with Gasteiger partial charge in [-0.2, -0.15) is 5.26 Å². The predicted molar refractivity (Wildman–Crippen MR) is 111 cm³/mol. The van der Waals surface area contributed by atoms with E-state index < -0.39 is 0 Å². The Balaban J connectivity index is 1.54. The average molecular weight is 374 g/mol. The van der Waals surface area contributed by atoms with E-state index in [1.807, 2.05) is 53.2 Å². The molecule has 1 saturated heterocycles. The Morgan fingerprint density at radius 1 is 1.07 bits per heavy atom. The van der Waals surface area contributed by atoms with Crippen LogP contribution in [-0.4, -0.2) is 35.8 Å². The molecule has 2 aromatic carbocycles. The molecule has 0 atom stereocenters. The maximum Gasteiger partial charge on any atom is 0.266 e. The summed E-state index contributed by atoms with van der Waals surface area (Å²) in [5.74, 6) is 0.447. The topological polar surface area (TPSA) is 47.3 Å². The van der Waals surface area contributed by atoms with Gasteiger partial charge in [-0.15, -0.1) is 0 Å². The van der Waals surface area contributed by atoms with E-state index in [0.29, 0.717) is 12.5 Å². The van der Waals surface area contributed by atoms with E-state index in [-0.39, 0.29) is 11.5 Å². The number of piperidine rings is 1. The van der Waals surface area contributed by atoms with Gasteiger partial charge in [0.1, 0.15) is 11.6 Å². The Morgan fingerprint density at radius 2 is 1.64 bits per heavy atom. The molecule has 144 valence electrons. The number of carbonyl (C=O) groups excluding carboxylic acids is 1. The molecule has 0 N–H and O–H groups in total. The highest BCUT2D eigenvalue weighted by Gasteiger charge is 2.25. The number of hydrogen-bond donors (Lipinski definition) is 0. The lowest BCUT2D eigenvalue weighted by molar-refractivity contribution is -0.128. The minimum absolute atomic E-state index is 0.152. The van der Waals surface area contributed by atoms with Crippen LogP contribution in [0.3, 0.4) is 0 Å². The van der Waals surface area contributed by atoms with Crippen molar-refractivity contribution < 1.29 is 4.79 Å². The highest BCUT2D eigenvalue weighted by molar-refractivity contribution is 5.97. The van der Waals surface area contributed by atoms with E-state index in [0.717, 1.165) is 37.9 Å². The monoisotopic (exact) mass is 373 g/mol. The van der Waals surface area contributed by atoms with E-state index in [4.69, 9.17) is 0 Å². The summed E-state index contributed by atoms with van der Waals surface area (Å²) in [6.07, 6.45) is 4.70. The Hall–Kier alpha value is -3.06. The standard InChI is InChI=1S/C24H27N3O/c1-26(18-22-10-6-3-7-11-22)19-23(17-25)24(28)27-14-12-21(13-15-27)16-20-8-4-2-5-9-20/h2-11,19,21H,12-16,18H2,1H3/b23-19-. The fraction of sp³-hybridized carbons (Fsp3) is 0.333. The fourth-order valence-electron chi connectivity index (χ4n) is 3.73. The van der Waals surface area contributed by atoms with Gasteiger partial charge in [0.05, 0.1) is 0 Å². The minimum Gasteiger partial charge on any atom is -0.375 e. The van der Waals surface area contributed by atoms with Crippen molar-refractivity contribution in [3.63, 3.8) is 0 Å². The molecule has 0 saturated carbocycles. The van der Waals surface area contributed by atoms with Crippen LogP contribution >= 0.6 is 0 Å². The molecule has 0 aromatic heterocycles. The van der Waals surface area contributed by atoms with E-state index in [1.165, 1.54) is 5.56 Å². The highest BCUT2D eigenvalue weighted by Crippen LogP contribution is 2.22. The molecule has 3 rings (SSSR count). The molecular formula is C24H27N3O. The zero-order chi connectivity index (χ0) is 19.8. The lowest BCUT2D eigenvalue weighted by Gasteiger charge is -2.32. The number of benzene rings is 2. The van der Waals surface area contributed by atoms with Crippen LogP contribution < -0.4 is 0 Å². The SMILES string of the molecule is CN(/C=C(/C#N)C(=O)N1CCC(Cc2ccccc2)CC1)Cc1ccccc1. The van der Waals surface area contributed by atoms with Crippen molar-refractivity contribution in [2.24, 2.45) is 5.92 Å². The summed E-state index contributed by atoms with van der Waals surface area (Å²) in [4.78, 5) is 16.5. The molecule has 0 aliphatic carbocycles. The van der Waals surface area contributed by atoms with E-state index in [1.54, 1.807) is 6.20 Å². The van der Waals surface area contributed by atoms with Gasteiger partial charge in [0, 0.05) is 32.9 Å². The third-order valence-electron chi connectivity index (χ3n) is 5.24. The molecule has 0 radical (unpaired) electrons. The lowest BCUT2D eigenvalue weighted by Crippen LogP contribution is -2.39. The largest absolute Gasteiger partial charge is 0.375 e. The van der Waals surface area contributed by atoms with Gasteiger partial charge in [-0.3, -0.25) is 4.79 Å². The minimum atomic E-state index is -0.152. The van der Waals surface area contributed by atoms with Crippen molar-refractivity contribution in [2.45, 2.75) is 25.8 Å². The summed E-state index contributed by atoms with van der Waals surface area (Å²) in [6, 6.07) is 22.6. The summed E-state index contributed by atoms with van der Waals surface area (Å²) in [6.45, 7) is 2.11. The second-order valence-corrected chi connectivity index (χ2v) is 7.48. The molecule has 0 spiro atoms. The maximum atomic E-state index is 12.8. The molecule has 0 bridgehead atoms. The highest BCUT2D eigenvalue weighted by atomic mass is 16.2. The molecule has 4 nitrogen and oxygen atoms in total. The molecule has 1 aliphatic heterocycles. The normalized spacial score (nSPS) is 15.1. The van der Waals surface area contributed by atoms with Crippen LogP contribution in [-0.2, 0) is 17.8 Å². The van der Waals surface area contributed by atoms with Crippen LogP contribution in [0.5, 0.6) is 0 Å². The number of amides is 1. The molecule has 4 heteroatoms. The first-order valence-electron chi connectivity index (χ1n) is 9.85. The van der Waals surface area contributed by atoms with Gasteiger partial charge in [0.25, 0.3) is 5.91 Å².